The largest absolute Gasteiger partial charge is 0.497 e. The summed E-state index contributed by atoms with van der Waals surface area (Å²) in [5.41, 5.74) is -0.420. The first kappa shape index (κ1) is 16.1. The zero-order valence-corrected chi connectivity index (χ0v) is 12.9. The molecule has 2 rings (SSSR count). The molecule has 21 heavy (non-hydrogen) atoms. The van der Waals surface area contributed by atoms with E-state index < -0.39 is 5.60 Å². The number of hydrogen-bond acceptors (Lipinski definition) is 4. The Labute approximate surface area is 129 Å². The van der Waals surface area contributed by atoms with Gasteiger partial charge in [0.05, 0.1) is 12.7 Å². The highest BCUT2D eigenvalue weighted by atomic mass is 35.5. The van der Waals surface area contributed by atoms with Crippen LogP contribution in [0.25, 0.3) is 0 Å². The molecular formula is C15H21ClN2O3. The first-order valence-corrected chi connectivity index (χ1v) is 7.46. The third kappa shape index (κ3) is 4.59. The molecule has 0 aromatic heterocycles. The predicted octanol–water partition coefficient (Wildman–Crippen LogP) is 1.58. The zero-order valence-electron chi connectivity index (χ0n) is 12.1. The van der Waals surface area contributed by atoms with Crippen molar-refractivity contribution >= 4 is 17.5 Å². The number of hydrogen-bond donors (Lipinski definition) is 3. The number of methoxy groups -OCH3 is 1. The van der Waals surface area contributed by atoms with Crippen LogP contribution in [0.1, 0.15) is 29.6 Å². The highest BCUT2D eigenvalue weighted by molar-refractivity contribution is 6.31. The van der Waals surface area contributed by atoms with E-state index in [1.807, 2.05) is 0 Å². The molecule has 116 valence electrons. The molecule has 0 bridgehead atoms. The molecule has 1 saturated heterocycles. The Morgan fingerprint density at radius 3 is 3.00 bits per heavy atom. The van der Waals surface area contributed by atoms with Crippen molar-refractivity contribution in [3.63, 3.8) is 0 Å². The zero-order chi connectivity index (χ0) is 15.3. The second-order valence-corrected chi connectivity index (χ2v) is 5.83. The summed E-state index contributed by atoms with van der Waals surface area (Å²) in [6.07, 6.45) is 2.21. The van der Waals surface area contributed by atoms with E-state index in [-0.39, 0.29) is 12.5 Å². The Kier molecular flexibility index (Phi) is 5.45. The summed E-state index contributed by atoms with van der Waals surface area (Å²) in [4.78, 5) is 12.2. The van der Waals surface area contributed by atoms with Crippen LogP contribution in [-0.4, -0.2) is 43.4 Å². The summed E-state index contributed by atoms with van der Waals surface area (Å²) in [6, 6.07) is 4.85. The lowest BCUT2D eigenvalue weighted by atomic mass is 9.95. The molecule has 0 spiro atoms. The quantitative estimate of drug-likeness (QED) is 0.789. The van der Waals surface area contributed by atoms with Gasteiger partial charge in [-0.25, -0.2) is 0 Å². The molecule has 1 aliphatic rings. The highest BCUT2D eigenvalue weighted by Crippen LogP contribution is 2.22. The van der Waals surface area contributed by atoms with Crippen molar-refractivity contribution in [2.45, 2.75) is 24.9 Å². The summed E-state index contributed by atoms with van der Waals surface area (Å²) in [5, 5.41) is 17.0. The molecule has 0 aliphatic carbocycles. The van der Waals surface area contributed by atoms with Gasteiger partial charge in [-0.3, -0.25) is 4.79 Å². The maximum absolute atomic E-state index is 12.2. The Balaban J connectivity index is 1.99. The molecule has 1 fully saturated rings. The Hall–Kier alpha value is -1.30. The number of nitrogens with one attached hydrogen (secondary N) is 2. The molecule has 3 N–H and O–H groups in total. The average molecular weight is 313 g/mol. The predicted molar refractivity (Wildman–Crippen MR) is 82.0 cm³/mol. The minimum absolute atomic E-state index is 0.238. The van der Waals surface area contributed by atoms with Crippen molar-refractivity contribution < 1.29 is 14.6 Å². The second-order valence-electron chi connectivity index (χ2n) is 5.39. The molecule has 1 aromatic rings. The average Bonchev–Trinajstić information content (AvgIpc) is 2.69. The summed E-state index contributed by atoms with van der Waals surface area (Å²) in [6.45, 7) is 1.90. The molecule has 0 radical (unpaired) electrons. The molecule has 0 unspecified atom stereocenters. The van der Waals surface area contributed by atoms with Gasteiger partial charge in [-0.2, -0.15) is 0 Å². The standard InChI is InChI=1S/C15H21ClN2O3/c1-21-13-8-11(7-12(16)9-13)14(19)18-10-15(20)3-2-5-17-6-4-15/h7-9,17,20H,2-6,10H2,1H3,(H,18,19)/t15-/m0/s1. The monoisotopic (exact) mass is 312 g/mol. The molecule has 1 aromatic carbocycles. The van der Waals surface area contributed by atoms with Crippen LogP contribution in [0.5, 0.6) is 5.75 Å². The van der Waals surface area contributed by atoms with Crippen molar-refractivity contribution in [1.82, 2.24) is 10.6 Å². The van der Waals surface area contributed by atoms with Crippen LogP contribution in [0.3, 0.4) is 0 Å². The van der Waals surface area contributed by atoms with Crippen LogP contribution in [0.2, 0.25) is 5.02 Å². The normalized spacial score (nSPS) is 22.4. The lowest BCUT2D eigenvalue weighted by Crippen LogP contribution is -2.43. The summed E-state index contributed by atoms with van der Waals surface area (Å²) < 4.78 is 5.09. The SMILES string of the molecule is COc1cc(Cl)cc(C(=O)NC[C@]2(O)CCCNCC2)c1. The van der Waals surface area contributed by atoms with Gasteiger partial charge in [-0.1, -0.05) is 11.6 Å². The number of aliphatic hydroxyl groups is 1. The van der Waals surface area contributed by atoms with E-state index in [1.165, 1.54) is 7.11 Å². The van der Waals surface area contributed by atoms with Crippen LogP contribution in [0.4, 0.5) is 0 Å². The number of carbonyl (C=O) groups excluding carboxylic acids is 1. The second kappa shape index (κ2) is 7.11. The van der Waals surface area contributed by atoms with E-state index in [2.05, 4.69) is 10.6 Å². The van der Waals surface area contributed by atoms with Crippen LogP contribution in [0.15, 0.2) is 18.2 Å². The van der Waals surface area contributed by atoms with Gasteiger partial charge in [0.15, 0.2) is 0 Å². The van der Waals surface area contributed by atoms with Gasteiger partial charge in [0.1, 0.15) is 5.75 Å². The fourth-order valence-electron chi connectivity index (χ4n) is 2.45. The van der Waals surface area contributed by atoms with E-state index in [4.69, 9.17) is 16.3 Å². The molecule has 1 amide bonds. The first-order chi connectivity index (χ1) is 10.0. The summed E-state index contributed by atoms with van der Waals surface area (Å²) in [7, 11) is 1.52. The van der Waals surface area contributed by atoms with Crippen LogP contribution in [-0.2, 0) is 0 Å². The Bertz CT molecular complexity index is 500. The van der Waals surface area contributed by atoms with E-state index in [1.54, 1.807) is 18.2 Å². The molecule has 1 heterocycles. The van der Waals surface area contributed by atoms with Crippen molar-refractivity contribution in [2.24, 2.45) is 0 Å². The maximum atomic E-state index is 12.2. The minimum atomic E-state index is -0.845. The van der Waals surface area contributed by atoms with Crippen LogP contribution in [0, 0.1) is 0 Å². The molecule has 6 heteroatoms. The number of benzene rings is 1. The van der Waals surface area contributed by atoms with Crippen molar-refractivity contribution in [1.29, 1.82) is 0 Å². The van der Waals surface area contributed by atoms with Crippen molar-refractivity contribution in [3.05, 3.63) is 28.8 Å². The fourth-order valence-corrected chi connectivity index (χ4v) is 2.67. The number of amides is 1. The highest BCUT2D eigenvalue weighted by Gasteiger charge is 2.28. The van der Waals surface area contributed by atoms with Crippen LogP contribution < -0.4 is 15.4 Å². The van der Waals surface area contributed by atoms with Gasteiger partial charge >= 0.3 is 0 Å². The molecule has 1 aliphatic heterocycles. The lowest BCUT2D eigenvalue weighted by molar-refractivity contribution is 0.0276. The Morgan fingerprint density at radius 2 is 2.24 bits per heavy atom. The van der Waals surface area contributed by atoms with Gasteiger partial charge in [-0.05, 0) is 50.6 Å². The smallest absolute Gasteiger partial charge is 0.251 e. The van der Waals surface area contributed by atoms with Gasteiger partial charge in [0, 0.05) is 17.1 Å². The molecule has 1 atom stereocenters. The van der Waals surface area contributed by atoms with Gasteiger partial charge in [0.25, 0.3) is 5.91 Å². The van der Waals surface area contributed by atoms with Gasteiger partial charge < -0.3 is 20.5 Å². The topological polar surface area (TPSA) is 70.6 Å². The minimum Gasteiger partial charge on any atom is -0.497 e. The maximum Gasteiger partial charge on any atom is 0.251 e. The van der Waals surface area contributed by atoms with Gasteiger partial charge in [-0.15, -0.1) is 0 Å². The molecular weight excluding hydrogens is 292 g/mol. The van der Waals surface area contributed by atoms with Gasteiger partial charge in [0.2, 0.25) is 0 Å². The van der Waals surface area contributed by atoms with E-state index >= 15 is 0 Å². The molecule has 5 nitrogen and oxygen atoms in total. The number of ether oxygens (including phenoxy) is 1. The molecule has 0 saturated carbocycles. The first-order valence-electron chi connectivity index (χ1n) is 7.08. The van der Waals surface area contributed by atoms with Crippen molar-refractivity contribution in [3.8, 4) is 5.75 Å². The number of rotatable bonds is 4. The van der Waals surface area contributed by atoms with E-state index in [9.17, 15) is 9.90 Å². The summed E-state index contributed by atoms with van der Waals surface area (Å²) in [5.74, 6) is 0.270. The van der Waals surface area contributed by atoms with Crippen LogP contribution >= 0.6 is 11.6 Å². The fraction of sp³-hybridized carbons (Fsp3) is 0.533. The summed E-state index contributed by atoms with van der Waals surface area (Å²) >= 11 is 5.95. The number of carbonyl (C=O) groups is 1. The third-order valence-electron chi connectivity index (χ3n) is 3.71. The Morgan fingerprint density at radius 1 is 1.43 bits per heavy atom. The van der Waals surface area contributed by atoms with E-state index in [0.29, 0.717) is 29.2 Å². The number of halogens is 1. The van der Waals surface area contributed by atoms with E-state index in [0.717, 1.165) is 19.5 Å². The van der Waals surface area contributed by atoms with Crippen molar-refractivity contribution in [2.75, 3.05) is 26.7 Å². The lowest BCUT2D eigenvalue weighted by Gasteiger charge is -2.26. The third-order valence-corrected chi connectivity index (χ3v) is 3.93.